The highest BCUT2D eigenvalue weighted by Crippen LogP contribution is 2.25. The number of halogens is 1. The molecule has 3 rings (SSSR count). The Morgan fingerprint density at radius 3 is 2.78 bits per heavy atom. The molecule has 0 aliphatic heterocycles. The minimum atomic E-state index is -0.391. The number of carbonyl (C=O) groups is 1. The fourth-order valence-electron chi connectivity index (χ4n) is 2.71. The maximum absolute atomic E-state index is 13.3. The number of nitrogens with zero attached hydrogens (tertiary/aromatic N) is 5. The maximum atomic E-state index is 13.3. The van der Waals surface area contributed by atoms with Crippen molar-refractivity contribution in [3.8, 4) is 5.69 Å². The van der Waals surface area contributed by atoms with Gasteiger partial charge in [-0.2, -0.15) is 4.68 Å². The van der Waals surface area contributed by atoms with Crippen LogP contribution in [0.4, 0.5) is 4.39 Å². The highest BCUT2D eigenvalue weighted by molar-refractivity contribution is 8.00. The first-order valence-corrected chi connectivity index (χ1v) is 9.34. The monoisotopic (exact) mass is 385 g/mol. The lowest BCUT2D eigenvalue weighted by atomic mass is 10.2. The number of benzene rings is 2. The number of amides is 1. The number of rotatable bonds is 6. The summed E-state index contributed by atoms with van der Waals surface area (Å²) in [4.78, 5) is 14.3. The number of tetrazole rings is 1. The van der Waals surface area contributed by atoms with Crippen LogP contribution in [-0.2, 0) is 11.3 Å². The van der Waals surface area contributed by atoms with Crippen LogP contribution in [0.2, 0.25) is 0 Å². The summed E-state index contributed by atoms with van der Waals surface area (Å²) in [7, 11) is 1.70. The van der Waals surface area contributed by atoms with Gasteiger partial charge in [-0.1, -0.05) is 42.1 Å². The first-order chi connectivity index (χ1) is 13.0. The predicted octanol–water partition coefficient (Wildman–Crippen LogP) is 3.25. The minimum Gasteiger partial charge on any atom is -0.340 e. The van der Waals surface area contributed by atoms with E-state index in [1.54, 1.807) is 28.8 Å². The zero-order chi connectivity index (χ0) is 19.4. The van der Waals surface area contributed by atoms with E-state index >= 15 is 0 Å². The molecule has 8 heteroatoms. The lowest BCUT2D eigenvalue weighted by molar-refractivity contribution is -0.129. The van der Waals surface area contributed by atoms with Crippen molar-refractivity contribution in [2.45, 2.75) is 30.8 Å². The summed E-state index contributed by atoms with van der Waals surface area (Å²) in [5, 5.41) is 12.0. The van der Waals surface area contributed by atoms with E-state index in [9.17, 15) is 9.18 Å². The molecule has 1 atom stereocenters. The molecule has 140 valence electrons. The zero-order valence-corrected chi connectivity index (χ0v) is 16.2. The number of carbonyl (C=O) groups excluding carboxylic acids is 1. The second-order valence-corrected chi connectivity index (χ2v) is 7.55. The first-order valence-electron chi connectivity index (χ1n) is 8.46. The number of hydrogen-bond acceptors (Lipinski definition) is 5. The Hall–Kier alpha value is -2.74. The second-order valence-electron chi connectivity index (χ2n) is 6.24. The lowest BCUT2D eigenvalue weighted by Gasteiger charge is -2.21. The van der Waals surface area contributed by atoms with Crippen LogP contribution in [0, 0.1) is 12.7 Å². The predicted molar refractivity (Wildman–Crippen MR) is 102 cm³/mol. The summed E-state index contributed by atoms with van der Waals surface area (Å²) >= 11 is 1.29. The first kappa shape index (κ1) is 19.0. The standard InChI is InChI=1S/C19H20FN5OS/c1-13-7-4-5-10-17(13)25-19(21-22-23-25)27-14(2)18(26)24(3)12-15-8-6-9-16(20)11-15/h4-11,14H,12H2,1-3H3/t14-/m1/s1. The number of thioether (sulfide) groups is 1. The van der Waals surface area contributed by atoms with Crippen LogP contribution in [0.15, 0.2) is 53.7 Å². The summed E-state index contributed by atoms with van der Waals surface area (Å²) in [5.41, 5.74) is 2.65. The molecule has 0 N–H and O–H groups in total. The Balaban J connectivity index is 1.70. The van der Waals surface area contributed by atoms with Crippen molar-refractivity contribution < 1.29 is 9.18 Å². The van der Waals surface area contributed by atoms with Crippen LogP contribution in [0.3, 0.4) is 0 Å². The normalized spacial score (nSPS) is 12.0. The van der Waals surface area contributed by atoms with Crippen molar-refractivity contribution in [3.05, 3.63) is 65.5 Å². The average Bonchev–Trinajstić information content (AvgIpc) is 3.09. The molecule has 3 aromatic rings. The molecule has 2 aromatic carbocycles. The van der Waals surface area contributed by atoms with E-state index in [2.05, 4.69) is 15.5 Å². The Labute approximate surface area is 161 Å². The van der Waals surface area contributed by atoms with Gasteiger partial charge in [-0.05, 0) is 53.6 Å². The maximum Gasteiger partial charge on any atom is 0.235 e. The SMILES string of the molecule is Cc1ccccc1-n1nnnc1S[C@H](C)C(=O)N(C)Cc1cccc(F)c1. The third kappa shape index (κ3) is 4.51. The van der Waals surface area contributed by atoms with Gasteiger partial charge in [-0.15, -0.1) is 5.10 Å². The van der Waals surface area contributed by atoms with E-state index in [-0.39, 0.29) is 11.7 Å². The van der Waals surface area contributed by atoms with Crippen molar-refractivity contribution in [1.82, 2.24) is 25.1 Å². The van der Waals surface area contributed by atoms with Crippen LogP contribution in [0.5, 0.6) is 0 Å². The number of aryl methyl sites for hydroxylation is 1. The van der Waals surface area contributed by atoms with E-state index in [4.69, 9.17) is 0 Å². The summed E-state index contributed by atoms with van der Waals surface area (Å²) in [6.45, 7) is 4.13. The Bertz CT molecular complexity index is 945. The highest BCUT2D eigenvalue weighted by Gasteiger charge is 2.22. The van der Waals surface area contributed by atoms with E-state index < -0.39 is 5.25 Å². The number of para-hydroxylation sites is 1. The van der Waals surface area contributed by atoms with Gasteiger partial charge in [0.15, 0.2) is 0 Å². The van der Waals surface area contributed by atoms with Gasteiger partial charge in [0.2, 0.25) is 11.1 Å². The summed E-state index contributed by atoms with van der Waals surface area (Å²) < 4.78 is 15.0. The van der Waals surface area contributed by atoms with Crippen molar-refractivity contribution in [2.24, 2.45) is 0 Å². The molecular formula is C19H20FN5OS. The fraction of sp³-hybridized carbons (Fsp3) is 0.263. The zero-order valence-electron chi connectivity index (χ0n) is 15.3. The van der Waals surface area contributed by atoms with Gasteiger partial charge in [0, 0.05) is 13.6 Å². The molecule has 0 fully saturated rings. The molecule has 0 saturated heterocycles. The molecular weight excluding hydrogens is 365 g/mol. The molecule has 0 aliphatic rings. The smallest absolute Gasteiger partial charge is 0.235 e. The van der Waals surface area contributed by atoms with Crippen LogP contribution >= 0.6 is 11.8 Å². The average molecular weight is 385 g/mol. The topological polar surface area (TPSA) is 63.9 Å². The largest absolute Gasteiger partial charge is 0.340 e. The summed E-state index contributed by atoms with van der Waals surface area (Å²) in [6, 6.07) is 14.0. The van der Waals surface area contributed by atoms with Crippen molar-refractivity contribution >= 4 is 17.7 Å². The van der Waals surface area contributed by atoms with Crippen molar-refractivity contribution in [1.29, 1.82) is 0 Å². The van der Waals surface area contributed by atoms with Gasteiger partial charge >= 0.3 is 0 Å². The molecule has 6 nitrogen and oxygen atoms in total. The van der Waals surface area contributed by atoms with Crippen LogP contribution in [0.25, 0.3) is 5.69 Å². The molecule has 27 heavy (non-hydrogen) atoms. The molecule has 0 unspecified atom stereocenters. The van der Waals surface area contributed by atoms with E-state index in [1.807, 2.05) is 38.1 Å². The molecule has 0 radical (unpaired) electrons. The number of hydrogen-bond donors (Lipinski definition) is 0. The molecule has 0 aliphatic carbocycles. The van der Waals surface area contributed by atoms with Crippen LogP contribution in [-0.4, -0.2) is 43.3 Å². The molecule has 1 aromatic heterocycles. The van der Waals surface area contributed by atoms with Crippen molar-refractivity contribution in [3.63, 3.8) is 0 Å². The Morgan fingerprint density at radius 2 is 2.04 bits per heavy atom. The number of aromatic nitrogens is 4. The lowest BCUT2D eigenvalue weighted by Crippen LogP contribution is -2.33. The van der Waals surface area contributed by atoms with Gasteiger partial charge in [0.25, 0.3) is 0 Å². The van der Waals surface area contributed by atoms with Gasteiger partial charge in [0.05, 0.1) is 10.9 Å². The Kier molecular flexibility index (Phi) is 5.85. The molecule has 1 heterocycles. The van der Waals surface area contributed by atoms with E-state index in [1.165, 1.54) is 23.9 Å². The summed E-state index contributed by atoms with van der Waals surface area (Å²) in [6.07, 6.45) is 0. The minimum absolute atomic E-state index is 0.0800. The molecule has 0 bridgehead atoms. The molecule has 0 saturated carbocycles. The molecule has 0 spiro atoms. The Morgan fingerprint density at radius 1 is 1.26 bits per heavy atom. The van der Waals surface area contributed by atoms with E-state index in [0.717, 1.165) is 16.8 Å². The van der Waals surface area contributed by atoms with Gasteiger partial charge in [0.1, 0.15) is 5.82 Å². The fourth-order valence-corrected chi connectivity index (χ4v) is 3.63. The van der Waals surface area contributed by atoms with Gasteiger partial charge in [-0.3, -0.25) is 4.79 Å². The second kappa shape index (κ2) is 8.30. The van der Waals surface area contributed by atoms with Gasteiger partial charge < -0.3 is 4.90 Å². The van der Waals surface area contributed by atoms with Crippen LogP contribution < -0.4 is 0 Å². The van der Waals surface area contributed by atoms with Crippen molar-refractivity contribution in [2.75, 3.05) is 7.05 Å². The third-order valence-corrected chi connectivity index (χ3v) is 5.12. The molecule has 1 amide bonds. The highest BCUT2D eigenvalue weighted by atomic mass is 32.2. The van der Waals surface area contributed by atoms with Gasteiger partial charge in [-0.25, -0.2) is 4.39 Å². The van der Waals surface area contributed by atoms with Crippen LogP contribution in [0.1, 0.15) is 18.1 Å². The quantitative estimate of drug-likeness (QED) is 0.610. The van der Waals surface area contributed by atoms with E-state index in [0.29, 0.717) is 11.7 Å². The third-order valence-electron chi connectivity index (χ3n) is 4.10. The summed E-state index contributed by atoms with van der Waals surface area (Å²) in [5.74, 6) is -0.392.